The van der Waals surface area contributed by atoms with Crippen LogP contribution in [0.5, 0.6) is 28.7 Å². The Morgan fingerprint density at radius 1 is 1.07 bits per heavy atom. The van der Waals surface area contributed by atoms with E-state index in [9.17, 15) is 0 Å². The van der Waals surface area contributed by atoms with E-state index in [4.69, 9.17) is 23.7 Å². The lowest BCUT2D eigenvalue weighted by atomic mass is 9.82. The van der Waals surface area contributed by atoms with Crippen molar-refractivity contribution < 1.29 is 23.7 Å². The maximum absolute atomic E-state index is 6.39. The molecule has 3 heterocycles. The van der Waals surface area contributed by atoms with Crippen LogP contribution in [0.3, 0.4) is 0 Å². The zero-order valence-corrected chi connectivity index (χ0v) is 16.6. The molecular weight excluding hydrogens is 356 g/mol. The van der Waals surface area contributed by atoms with Gasteiger partial charge in [0.15, 0.2) is 11.5 Å². The van der Waals surface area contributed by atoms with Crippen LogP contribution in [0.15, 0.2) is 36.9 Å². The highest BCUT2D eigenvalue weighted by Gasteiger charge is 2.39. The lowest BCUT2D eigenvalue weighted by molar-refractivity contribution is 0.0723. The summed E-state index contributed by atoms with van der Waals surface area (Å²) in [5.74, 6) is 4.47. The Labute approximate surface area is 165 Å². The van der Waals surface area contributed by atoms with Gasteiger partial charge in [-0.15, -0.1) is 6.58 Å². The van der Waals surface area contributed by atoms with E-state index in [1.165, 1.54) is 11.1 Å². The molecule has 0 aromatic heterocycles. The lowest BCUT2D eigenvalue weighted by Crippen LogP contribution is -2.39. The summed E-state index contributed by atoms with van der Waals surface area (Å²) >= 11 is 0. The molecule has 2 aromatic carbocycles. The predicted molar refractivity (Wildman–Crippen MR) is 107 cm³/mol. The van der Waals surface area contributed by atoms with Gasteiger partial charge in [-0.1, -0.05) is 12.1 Å². The zero-order valence-electron chi connectivity index (χ0n) is 16.6. The SMILES string of the molecule is C=CC.COc1cc2c(cc1OC)C1Cc3ccc4c(c3OC1CO2)CCO4. The Hall–Kier alpha value is -2.82. The van der Waals surface area contributed by atoms with E-state index in [2.05, 4.69) is 18.7 Å². The summed E-state index contributed by atoms with van der Waals surface area (Å²) in [6, 6.07) is 8.14. The third-order valence-corrected chi connectivity index (χ3v) is 5.39. The van der Waals surface area contributed by atoms with E-state index in [-0.39, 0.29) is 12.0 Å². The van der Waals surface area contributed by atoms with E-state index < -0.39 is 0 Å². The summed E-state index contributed by atoms with van der Waals surface area (Å²) < 4.78 is 28.9. The fraction of sp³-hybridized carbons (Fsp3) is 0.391. The van der Waals surface area contributed by atoms with Crippen molar-refractivity contribution in [3.63, 3.8) is 0 Å². The van der Waals surface area contributed by atoms with Crippen molar-refractivity contribution in [1.82, 2.24) is 0 Å². The highest BCUT2D eigenvalue weighted by atomic mass is 16.5. The topological polar surface area (TPSA) is 46.2 Å². The lowest BCUT2D eigenvalue weighted by Gasteiger charge is -2.38. The molecule has 0 aliphatic carbocycles. The van der Waals surface area contributed by atoms with E-state index in [0.717, 1.165) is 48.0 Å². The van der Waals surface area contributed by atoms with Crippen LogP contribution in [0.4, 0.5) is 0 Å². The number of fused-ring (bicyclic) bond motifs is 6. The zero-order chi connectivity index (χ0) is 19.7. The van der Waals surface area contributed by atoms with Gasteiger partial charge in [0.25, 0.3) is 0 Å². The van der Waals surface area contributed by atoms with Crippen LogP contribution in [0, 0.1) is 0 Å². The summed E-state index contributed by atoms with van der Waals surface area (Å²) in [6.45, 7) is 6.52. The number of hydrogen-bond acceptors (Lipinski definition) is 5. The van der Waals surface area contributed by atoms with Crippen LogP contribution in [-0.2, 0) is 12.8 Å². The second kappa shape index (κ2) is 7.66. The molecule has 0 fully saturated rings. The predicted octanol–water partition coefficient (Wildman–Crippen LogP) is 4.31. The Kier molecular flexibility index (Phi) is 5.07. The number of methoxy groups -OCH3 is 2. The van der Waals surface area contributed by atoms with Crippen molar-refractivity contribution in [2.75, 3.05) is 27.4 Å². The molecule has 5 heteroatoms. The average molecular weight is 382 g/mol. The minimum Gasteiger partial charge on any atom is -0.493 e. The van der Waals surface area contributed by atoms with E-state index in [1.807, 2.05) is 19.1 Å². The monoisotopic (exact) mass is 382 g/mol. The van der Waals surface area contributed by atoms with Gasteiger partial charge in [-0.3, -0.25) is 0 Å². The van der Waals surface area contributed by atoms with Crippen LogP contribution in [0.2, 0.25) is 0 Å². The molecule has 2 unspecified atom stereocenters. The van der Waals surface area contributed by atoms with E-state index in [1.54, 1.807) is 20.3 Å². The normalized spacial score (nSPS) is 20.4. The van der Waals surface area contributed by atoms with Gasteiger partial charge in [0.1, 0.15) is 30.0 Å². The van der Waals surface area contributed by atoms with Crippen molar-refractivity contribution in [3.8, 4) is 28.7 Å². The fourth-order valence-corrected chi connectivity index (χ4v) is 4.13. The average Bonchev–Trinajstić information content (AvgIpc) is 3.21. The summed E-state index contributed by atoms with van der Waals surface area (Å²) in [5, 5.41) is 0. The van der Waals surface area contributed by atoms with Gasteiger partial charge < -0.3 is 23.7 Å². The van der Waals surface area contributed by atoms with Crippen molar-refractivity contribution in [3.05, 3.63) is 53.6 Å². The molecule has 0 radical (unpaired) electrons. The first kappa shape index (κ1) is 18.5. The molecule has 0 spiro atoms. The maximum atomic E-state index is 6.39. The molecule has 2 aromatic rings. The number of rotatable bonds is 2. The molecule has 28 heavy (non-hydrogen) atoms. The van der Waals surface area contributed by atoms with Gasteiger partial charge in [0, 0.05) is 29.5 Å². The van der Waals surface area contributed by atoms with Crippen LogP contribution in [0.1, 0.15) is 29.5 Å². The van der Waals surface area contributed by atoms with Crippen LogP contribution in [-0.4, -0.2) is 33.5 Å². The van der Waals surface area contributed by atoms with E-state index in [0.29, 0.717) is 12.4 Å². The van der Waals surface area contributed by atoms with Crippen molar-refractivity contribution >= 4 is 0 Å². The maximum Gasteiger partial charge on any atom is 0.164 e. The first-order chi connectivity index (χ1) is 13.7. The second-order valence-electron chi connectivity index (χ2n) is 7.06. The van der Waals surface area contributed by atoms with Gasteiger partial charge >= 0.3 is 0 Å². The molecule has 0 N–H and O–H groups in total. The van der Waals surface area contributed by atoms with Crippen LogP contribution in [0.25, 0.3) is 0 Å². The van der Waals surface area contributed by atoms with Gasteiger partial charge in [0.05, 0.1) is 20.8 Å². The molecule has 3 aliphatic heterocycles. The smallest absolute Gasteiger partial charge is 0.164 e. The third-order valence-electron chi connectivity index (χ3n) is 5.39. The first-order valence-electron chi connectivity index (χ1n) is 9.60. The molecule has 0 bridgehead atoms. The second-order valence-corrected chi connectivity index (χ2v) is 7.06. The van der Waals surface area contributed by atoms with E-state index >= 15 is 0 Å². The molecule has 3 aliphatic rings. The largest absolute Gasteiger partial charge is 0.493 e. The summed E-state index contributed by atoms with van der Waals surface area (Å²) in [6.07, 6.45) is 3.60. The molecule has 148 valence electrons. The Bertz CT molecular complexity index is 889. The van der Waals surface area contributed by atoms with Gasteiger partial charge in [0.2, 0.25) is 0 Å². The van der Waals surface area contributed by atoms with Crippen LogP contribution >= 0.6 is 0 Å². The molecule has 5 nitrogen and oxygen atoms in total. The number of hydrogen-bond donors (Lipinski definition) is 0. The molecular formula is C23H26O5. The Morgan fingerprint density at radius 3 is 2.57 bits per heavy atom. The highest BCUT2D eigenvalue weighted by Crippen LogP contribution is 2.49. The van der Waals surface area contributed by atoms with Crippen molar-refractivity contribution in [1.29, 1.82) is 0 Å². The van der Waals surface area contributed by atoms with Gasteiger partial charge in [-0.05, 0) is 31.0 Å². The standard InChI is InChI=1S/C20H20O5.C3H6/c1-21-17-8-14-13-7-11-3-4-15-12(5-6-23-15)20(11)25-19(13)10-24-16(14)9-18(17)22-2;1-3-2/h3-4,8-9,13,19H,5-7,10H2,1-2H3;3H,1H2,2H3. The minimum absolute atomic E-state index is 0.00482. The molecule has 0 saturated heterocycles. The molecule has 0 saturated carbocycles. The summed E-state index contributed by atoms with van der Waals surface area (Å²) in [4.78, 5) is 0. The van der Waals surface area contributed by atoms with Crippen molar-refractivity contribution in [2.45, 2.75) is 31.8 Å². The summed E-state index contributed by atoms with van der Waals surface area (Å²) in [7, 11) is 3.29. The Morgan fingerprint density at radius 2 is 1.82 bits per heavy atom. The quantitative estimate of drug-likeness (QED) is 0.725. The highest BCUT2D eigenvalue weighted by molar-refractivity contribution is 5.57. The van der Waals surface area contributed by atoms with Crippen LogP contribution < -0.4 is 23.7 Å². The van der Waals surface area contributed by atoms with Gasteiger partial charge in [-0.25, -0.2) is 0 Å². The molecule has 2 atom stereocenters. The molecule has 0 amide bonds. The molecule has 5 rings (SSSR count). The minimum atomic E-state index is 0.00482. The number of ether oxygens (including phenoxy) is 5. The fourth-order valence-electron chi connectivity index (χ4n) is 4.13. The van der Waals surface area contributed by atoms with Crippen molar-refractivity contribution in [2.24, 2.45) is 0 Å². The number of benzene rings is 2. The Balaban J connectivity index is 0.000000604. The third kappa shape index (κ3) is 3.05. The summed E-state index contributed by atoms with van der Waals surface area (Å²) in [5.41, 5.74) is 3.57. The number of allylic oxidation sites excluding steroid dienone is 1. The first-order valence-corrected chi connectivity index (χ1v) is 9.60. The van der Waals surface area contributed by atoms with Gasteiger partial charge in [-0.2, -0.15) is 0 Å².